The molecule has 0 aromatic heterocycles. The third-order valence-electron chi connectivity index (χ3n) is 2.32. The standard InChI is InChI=1S/C13H11BrClNO/c14-10-4-5-13(12(15)7-10)16-8-9-2-1-3-11(17)6-9/h1-7,16-17H,8H2. The maximum absolute atomic E-state index is 9.34. The predicted octanol–water partition coefficient (Wildman–Crippen LogP) is 4.42. The van der Waals surface area contributed by atoms with E-state index >= 15 is 0 Å². The number of nitrogens with one attached hydrogen (secondary N) is 1. The van der Waals surface area contributed by atoms with Gasteiger partial charge in [0, 0.05) is 11.0 Å². The maximum Gasteiger partial charge on any atom is 0.115 e. The fourth-order valence-corrected chi connectivity index (χ4v) is 2.24. The third kappa shape index (κ3) is 3.38. The second kappa shape index (κ2) is 5.43. The van der Waals surface area contributed by atoms with Crippen LogP contribution >= 0.6 is 27.5 Å². The first-order valence-electron chi connectivity index (χ1n) is 5.12. The Labute approximate surface area is 113 Å². The number of phenolic OH excluding ortho intramolecular Hbond substituents is 1. The van der Waals surface area contributed by atoms with Crippen molar-refractivity contribution in [3.63, 3.8) is 0 Å². The van der Waals surface area contributed by atoms with Crippen molar-refractivity contribution in [2.75, 3.05) is 5.32 Å². The summed E-state index contributed by atoms with van der Waals surface area (Å²) in [6, 6.07) is 12.8. The van der Waals surface area contributed by atoms with E-state index in [4.69, 9.17) is 11.6 Å². The minimum atomic E-state index is 0.270. The molecular weight excluding hydrogens is 302 g/mol. The van der Waals surface area contributed by atoms with Gasteiger partial charge in [-0.1, -0.05) is 39.7 Å². The number of benzene rings is 2. The second-order valence-electron chi connectivity index (χ2n) is 3.65. The van der Waals surface area contributed by atoms with E-state index in [0.29, 0.717) is 11.6 Å². The van der Waals surface area contributed by atoms with Crippen LogP contribution in [0.4, 0.5) is 5.69 Å². The van der Waals surface area contributed by atoms with Gasteiger partial charge in [-0.15, -0.1) is 0 Å². The lowest BCUT2D eigenvalue weighted by Crippen LogP contribution is -1.99. The molecule has 0 bridgehead atoms. The minimum absolute atomic E-state index is 0.270. The molecule has 2 rings (SSSR count). The zero-order valence-electron chi connectivity index (χ0n) is 8.95. The summed E-state index contributed by atoms with van der Waals surface area (Å²) < 4.78 is 0.949. The maximum atomic E-state index is 9.34. The number of rotatable bonds is 3. The number of aromatic hydroxyl groups is 1. The number of halogens is 2. The van der Waals surface area contributed by atoms with Crippen LogP contribution in [0.15, 0.2) is 46.9 Å². The molecule has 0 saturated heterocycles. The lowest BCUT2D eigenvalue weighted by molar-refractivity contribution is 0.474. The van der Waals surface area contributed by atoms with Crippen molar-refractivity contribution in [2.45, 2.75) is 6.54 Å². The van der Waals surface area contributed by atoms with E-state index in [2.05, 4.69) is 21.2 Å². The van der Waals surface area contributed by atoms with Gasteiger partial charge in [0.15, 0.2) is 0 Å². The molecule has 0 amide bonds. The van der Waals surface area contributed by atoms with E-state index in [9.17, 15) is 5.11 Å². The number of phenols is 1. The Morgan fingerprint density at radius 2 is 2.00 bits per heavy atom. The highest BCUT2D eigenvalue weighted by Gasteiger charge is 2.01. The molecule has 4 heteroatoms. The molecule has 0 aliphatic rings. The summed E-state index contributed by atoms with van der Waals surface area (Å²) in [6.07, 6.45) is 0. The number of hydrogen-bond donors (Lipinski definition) is 2. The van der Waals surface area contributed by atoms with E-state index in [1.807, 2.05) is 30.3 Å². The van der Waals surface area contributed by atoms with Crippen LogP contribution in [0.2, 0.25) is 5.02 Å². The molecule has 0 unspecified atom stereocenters. The van der Waals surface area contributed by atoms with Crippen LogP contribution in [0, 0.1) is 0 Å². The van der Waals surface area contributed by atoms with E-state index in [0.717, 1.165) is 15.7 Å². The molecule has 0 heterocycles. The van der Waals surface area contributed by atoms with Gasteiger partial charge in [0.05, 0.1) is 10.7 Å². The Morgan fingerprint density at radius 3 is 2.71 bits per heavy atom. The van der Waals surface area contributed by atoms with E-state index in [-0.39, 0.29) is 5.75 Å². The molecule has 2 nitrogen and oxygen atoms in total. The molecular formula is C13H11BrClNO. The van der Waals surface area contributed by atoms with Gasteiger partial charge in [0.1, 0.15) is 5.75 Å². The quantitative estimate of drug-likeness (QED) is 0.879. The van der Waals surface area contributed by atoms with Gasteiger partial charge in [-0.3, -0.25) is 0 Å². The second-order valence-corrected chi connectivity index (χ2v) is 4.97. The van der Waals surface area contributed by atoms with Crippen molar-refractivity contribution in [1.82, 2.24) is 0 Å². The van der Waals surface area contributed by atoms with Gasteiger partial charge in [0.25, 0.3) is 0 Å². The van der Waals surface area contributed by atoms with Crippen LogP contribution in [0.1, 0.15) is 5.56 Å². The van der Waals surface area contributed by atoms with Crippen LogP contribution in [0.25, 0.3) is 0 Å². The number of anilines is 1. The zero-order chi connectivity index (χ0) is 12.3. The van der Waals surface area contributed by atoms with E-state index in [1.165, 1.54) is 0 Å². The molecule has 88 valence electrons. The highest BCUT2D eigenvalue weighted by Crippen LogP contribution is 2.26. The molecule has 2 aromatic rings. The molecule has 0 fully saturated rings. The monoisotopic (exact) mass is 311 g/mol. The summed E-state index contributed by atoms with van der Waals surface area (Å²) in [5.41, 5.74) is 1.88. The summed E-state index contributed by atoms with van der Waals surface area (Å²) in [6.45, 7) is 0.621. The zero-order valence-corrected chi connectivity index (χ0v) is 11.3. The van der Waals surface area contributed by atoms with Gasteiger partial charge < -0.3 is 10.4 Å². The van der Waals surface area contributed by atoms with Gasteiger partial charge >= 0.3 is 0 Å². The first kappa shape index (κ1) is 12.3. The SMILES string of the molecule is Oc1cccc(CNc2ccc(Br)cc2Cl)c1. The van der Waals surface area contributed by atoms with Gasteiger partial charge in [-0.05, 0) is 35.9 Å². The van der Waals surface area contributed by atoms with Crippen molar-refractivity contribution >= 4 is 33.2 Å². The van der Waals surface area contributed by atoms with Crippen LogP contribution < -0.4 is 5.32 Å². The Hall–Kier alpha value is -1.19. The Morgan fingerprint density at radius 1 is 1.18 bits per heavy atom. The van der Waals surface area contributed by atoms with Crippen molar-refractivity contribution in [3.05, 3.63) is 57.5 Å². The van der Waals surface area contributed by atoms with Crippen molar-refractivity contribution in [2.24, 2.45) is 0 Å². The Balaban J connectivity index is 2.07. The molecule has 0 spiro atoms. The molecule has 0 atom stereocenters. The van der Waals surface area contributed by atoms with Crippen LogP contribution in [0.3, 0.4) is 0 Å². The lowest BCUT2D eigenvalue weighted by Gasteiger charge is -2.09. The first-order valence-corrected chi connectivity index (χ1v) is 6.29. The minimum Gasteiger partial charge on any atom is -0.508 e. The molecule has 2 aromatic carbocycles. The summed E-state index contributed by atoms with van der Waals surface area (Å²) in [5.74, 6) is 0.270. The normalized spacial score (nSPS) is 10.2. The van der Waals surface area contributed by atoms with Crippen LogP contribution in [0.5, 0.6) is 5.75 Å². The highest BCUT2D eigenvalue weighted by atomic mass is 79.9. The molecule has 0 aliphatic carbocycles. The third-order valence-corrected chi connectivity index (χ3v) is 3.13. The van der Waals surface area contributed by atoms with Gasteiger partial charge in [0.2, 0.25) is 0 Å². The van der Waals surface area contributed by atoms with Crippen molar-refractivity contribution in [1.29, 1.82) is 0 Å². The summed E-state index contributed by atoms with van der Waals surface area (Å²) in [5, 5.41) is 13.2. The molecule has 0 aliphatic heterocycles. The topological polar surface area (TPSA) is 32.3 Å². The number of hydrogen-bond acceptors (Lipinski definition) is 2. The molecule has 0 saturated carbocycles. The van der Waals surface area contributed by atoms with E-state index in [1.54, 1.807) is 12.1 Å². The fourth-order valence-electron chi connectivity index (χ4n) is 1.50. The molecule has 2 N–H and O–H groups in total. The van der Waals surface area contributed by atoms with Gasteiger partial charge in [-0.25, -0.2) is 0 Å². The molecule has 17 heavy (non-hydrogen) atoms. The summed E-state index contributed by atoms with van der Waals surface area (Å²) in [7, 11) is 0. The van der Waals surface area contributed by atoms with Crippen molar-refractivity contribution in [3.8, 4) is 5.75 Å². The fraction of sp³-hybridized carbons (Fsp3) is 0.0769. The van der Waals surface area contributed by atoms with E-state index < -0.39 is 0 Å². The Kier molecular flexibility index (Phi) is 3.92. The Bertz CT molecular complexity index is 531. The first-order chi connectivity index (χ1) is 8.15. The largest absolute Gasteiger partial charge is 0.508 e. The van der Waals surface area contributed by atoms with Gasteiger partial charge in [-0.2, -0.15) is 0 Å². The van der Waals surface area contributed by atoms with Crippen LogP contribution in [-0.2, 0) is 6.54 Å². The lowest BCUT2D eigenvalue weighted by atomic mass is 10.2. The average molecular weight is 313 g/mol. The predicted molar refractivity (Wildman–Crippen MR) is 74.6 cm³/mol. The summed E-state index contributed by atoms with van der Waals surface area (Å²) in [4.78, 5) is 0. The molecule has 0 radical (unpaired) electrons. The summed E-state index contributed by atoms with van der Waals surface area (Å²) >= 11 is 9.44. The average Bonchev–Trinajstić information content (AvgIpc) is 2.28. The van der Waals surface area contributed by atoms with Crippen molar-refractivity contribution < 1.29 is 5.11 Å². The highest BCUT2D eigenvalue weighted by molar-refractivity contribution is 9.10. The smallest absolute Gasteiger partial charge is 0.115 e. The van der Waals surface area contributed by atoms with Crippen LogP contribution in [-0.4, -0.2) is 5.11 Å².